The van der Waals surface area contributed by atoms with Gasteiger partial charge in [-0.25, -0.2) is 9.07 Å². The molecule has 2 aromatic rings. The Balaban J connectivity index is 2.19. The fraction of sp³-hybridized carbons (Fsp3) is 0.500. The van der Waals surface area contributed by atoms with E-state index in [1.165, 1.54) is 6.07 Å². The second-order valence-electron chi connectivity index (χ2n) is 7.27. The number of morpholine rings is 1. The molecule has 0 unspecified atom stereocenters. The van der Waals surface area contributed by atoms with E-state index >= 15 is 0 Å². The van der Waals surface area contributed by atoms with Crippen LogP contribution in [0.4, 0.5) is 10.1 Å². The molecule has 1 aromatic heterocycles. The van der Waals surface area contributed by atoms with Crippen LogP contribution in [0.15, 0.2) is 23.0 Å². The van der Waals surface area contributed by atoms with Gasteiger partial charge in [0.15, 0.2) is 0 Å². The lowest BCUT2D eigenvalue weighted by Gasteiger charge is -2.30. The van der Waals surface area contributed by atoms with E-state index in [0.717, 1.165) is 16.8 Å². The normalized spacial score (nSPS) is 14.9. The third-order valence-corrected chi connectivity index (χ3v) is 4.66. The first-order valence-electron chi connectivity index (χ1n) is 9.09. The Morgan fingerprint density at radius 3 is 2.54 bits per heavy atom. The highest BCUT2D eigenvalue weighted by molar-refractivity contribution is 5.70. The van der Waals surface area contributed by atoms with Crippen molar-refractivity contribution in [3.63, 3.8) is 0 Å². The minimum atomic E-state index is -0.240. The molecule has 140 valence electrons. The van der Waals surface area contributed by atoms with E-state index in [0.29, 0.717) is 50.0 Å². The molecule has 3 rings (SSSR count). The molecular formula is C20H26FN3O2. The third-order valence-electron chi connectivity index (χ3n) is 4.66. The molecule has 1 fully saturated rings. The second kappa shape index (κ2) is 7.58. The van der Waals surface area contributed by atoms with Crippen molar-refractivity contribution >= 4 is 5.69 Å². The summed E-state index contributed by atoms with van der Waals surface area (Å²) in [6.45, 7) is 10.9. The van der Waals surface area contributed by atoms with Crippen LogP contribution in [0.3, 0.4) is 0 Å². The van der Waals surface area contributed by atoms with Gasteiger partial charge in [0, 0.05) is 30.8 Å². The third kappa shape index (κ3) is 3.65. The van der Waals surface area contributed by atoms with Crippen molar-refractivity contribution in [3.8, 4) is 11.3 Å². The molecular weight excluding hydrogens is 333 g/mol. The number of aryl methyl sites for hydroxylation is 1. The van der Waals surface area contributed by atoms with Crippen LogP contribution in [0.5, 0.6) is 0 Å². The molecule has 2 heterocycles. The van der Waals surface area contributed by atoms with Gasteiger partial charge in [-0.3, -0.25) is 4.79 Å². The molecule has 26 heavy (non-hydrogen) atoms. The summed E-state index contributed by atoms with van der Waals surface area (Å²) in [4.78, 5) is 15.2. The summed E-state index contributed by atoms with van der Waals surface area (Å²) in [5.41, 5.74) is 3.58. The van der Waals surface area contributed by atoms with Crippen LogP contribution in [0.1, 0.15) is 25.0 Å². The molecule has 5 nitrogen and oxygen atoms in total. The molecule has 0 amide bonds. The summed E-state index contributed by atoms with van der Waals surface area (Å²) in [6.07, 6.45) is 0. The lowest BCUT2D eigenvalue weighted by Crippen LogP contribution is -2.42. The fourth-order valence-electron chi connectivity index (χ4n) is 3.33. The van der Waals surface area contributed by atoms with Gasteiger partial charge in [-0.15, -0.1) is 0 Å². The van der Waals surface area contributed by atoms with E-state index in [1.807, 2.05) is 6.92 Å². The van der Waals surface area contributed by atoms with E-state index in [-0.39, 0.29) is 11.4 Å². The maximum atomic E-state index is 13.7. The zero-order chi connectivity index (χ0) is 18.8. The number of nitrogens with zero attached hydrogens (tertiary/aromatic N) is 3. The Morgan fingerprint density at radius 1 is 1.23 bits per heavy atom. The number of rotatable bonds is 4. The fourth-order valence-corrected chi connectivity index (χ4v) is 3.33. The van der Waals surface area contributed by atoms with E-state index < -0.39 is 0 Å². The Hall–Kier alpha value is -2.21. The highest BCUT2D eigenvalue weighted by atomic mass is 19.1. The van der Waals surface area contributed by atoms with Gasteiger partial charge in [0.1, 0.15) is 11.5 Å². The Bertz CT molecular complexity index is 855. The molecule has 6 heteroatoms. The first-order chi connectivity index (χ1) is 12.4. The number of ether oxygens (including phenoxy) is 1. The number of benzene rings is 1. The van der Waals surface area contributed by atoms with Crippen molar-refractivity contribution in [3.05, 3.63) is 45.5 Å². The van der Waals surface area contributed by atoms with Gasteiger partial charge in [0.05, 0.1) is 18.9 Å². The van der Waals surface area contributed by atoms with Crippen molar-refractivity contribution in [1.82, 2.24) is 9.78 Å². The van der Waals surface area contributed by atoms with Crippen LogP contribution in [0.25, 0.3) is 11.3 Å². The molecule has 1 aliphatic heterocycles. The zero-order valence-corrected chi connectivity index (χ0v) is 15.9. The van der Waals surface area contributed by atoms with Crippen molar-refractivity contribution in [2.45, 2.75) is 34.2 Å². The largest absolute Gasteiger partial charge is 0.378 e. The lowest BCUT2D eigenvalue weighted by atomic mass is 10.0. The molecule has 1 aliphatic rings. The van der Waals surface area contributed by atoms with Crippen LogP contribution in [0.2, 0.25) is 0 Å². The van der Waals surface area contributed by atoms with Gasteiger partial charge in [-0.05, 0) is 43.5 Å². The average molecular weight is 359 g/mol. The molecule has 1 aromatic carbocycles. The zero-order valence-electron chi connectivity index (χ0n) is 15.9. The SMILES string of the molecule is Cc1cc(-c2nn(CC(C)C)c(=O)c(N3CCOCC3)c2C)ccc1F. The van der Waals surface area contributed by atoms with Gasteiger partial charge >= 0.3 is 0 Å². The monoisotopic (exact) mass is 359 g/mol. The molecule has 0 atom stereocenters. The van der Waals surface area contributed by atoms with Crippen LogP contribution < -0.4 is 10.5 Å². The highest BCUT2D eigenvalue weighted by Gasteiger charge is 2.22. The first-order valence-corrected chi connectivity index (χ1v) is 9.09. The molecule has 0 spiro atoms. The highest BCUT2D eigenvalue weighted by Crippen LogP contribution is 2.28. The predicted octanol–water partition coefficient (Wildman–Crippen LogP) is 3.16. The summed E-state index contributed by atoms with van der Waals surface area (Å²) < 4.78 is 20.7. The Labute approximate surface area is 153 Å². The summed E-state index contributed by atoms with van der Waals surface area (Å²) in [5, 5.41) is 4.63. The standard InChI is InChI=1S/C20H26FN3O2/c1-13(2)12-24-20(25)19(23-7-9-26-10-8-23)15(4)18(22-24)16-5-6-17(21)14(3)11-16/h5-6,11,13H,7-10,12H2,1-4H3. The summed E-state index contributed by atoms with van der Waals surface area (Å²) in [6, 6.07) is 4.97. The van der Waals surface area contributed by atoms with Crippen LogP contribution in [-0.4, -0.2) is 36.1 Å². The predicted molar refractivity (Wildman–Crippen MR) is 101 cm³/mol. The Morgan fingerprint density at radius 2 is 1.92 bits per heavy atom. The van der Waals surface area contributed by atoms with Gasteiger partial charge < -0.3 is 9.64 Å². The summed E-state index contributed by atoms with van der Waals surface area (Å²) >= 11 is 0. The molecule has 0 saturated carbocycles. The maximum Gasteiger partial charge on any atom is 0.290 e. The number of halogens is 1. The number of aromatic nitrogens is 2. The lowest BCUT2D eigenvalue weighted by molar-refractivity contribution is 0.122. The van der Waals surface area contributed by atoms with Gasteiger partial charge in [-0.2, -0.15) is 5.10 Å². The first kappa shape index (κ1) is 18.6. The van der Waals surface area contributed by atoms with Gasteiger partial charge in [0.2, 0.25) is 0 Å². The maximum absolute atomic E-state index is 13.7. The van der Waals surface area contributed by atoms with E-state index in [2.05, 4.69) is 23.8 Å². The quantitative estimate of drug-likeness (QED) is 0.841. The topological polar surface area (TPSA) is 47.4 Å². The van der Waals surface area contributed by atoms with E-state index in [1.54, 1.807) is 23.7 Å². The molecule has 0 aliphatic carbocycles. The Kier molecular flexibility index (Phi) is 5.41. The number of hydrogen-bond acceptors (Lipinski definition) is 4. The van der Waals surface area contributed by atoms with Gasteiger partial charge in [-0.1, -0.05) is 13.8 Å². The van der Waals surface area contributed by atoms with Crippen molar-refractivity contribution in [2.75, 3.05) is 31.2 Å². The van der Waals surface area contributed by atoms with Crippen molar-refractivity contribution in [1.29, 1.82) is 0 Å². The van der Waals surface area contributed by atoms with Crippen LogP contribution in [-0.2, 0) is 11.3 Å². The van der Waals surface area contributed by atoms with E-state index in [9.17, 15) is 9.18 Å². The smallest absolute Gasteiger partial charge is 0.290 e. The van der Waals surface area contributed by atoms with E-state index in [4.69, 9.17) is 4.74 Å². The number of hydrogen-bond donors (Lipinski definition) is 0. The molecule has 1 saturated heterocycles. The van der Waals surface area contributed by atoms with Crippen molar-refractivity contribution < 1.29 is 9.13 Å². The van der Waals surface area contributed by atoms with Crippen LogP contribution in [0, 0.1) is 25.6 Å². The van der Waals surface area contributed by atoms with Gasteiger partial charge in [0.25, 0.3) is 5.56 Å². The molecule has 0 radical (unpaired) electrons. The summed E-state index contributed by atoms with van der Waals surface area (Å²) in [5.74, 6) is 0.0542. The molecule has 0 bridgehead atoms. The average Bonchev–Trinajstić information content (AvgIpc) is 2.61. The number of anilines is 1. The van der Waals surface area contributed by atoms with Crippen LogP contribution >= 0.6 is 0 Å². The molecule has 0 N–H and O–H groups in total. The summed E-state index contributed by atoms with van der Waals surface area (Å²) in [7, 11) is 0. The van der Waals surface area contributed by atoms with Crippen molar-refractivity contribution in [2.24, 2.45) is 5.92 Å². The minimum absolute atomic E-state index is 0.0688. The second-order valence-corrected chi connectivity index (χ2v) is 7.27. The minimum Gasteiger partial charge on any atom is -0.378 e.